The molecule has 2 saturated heterocycles. The molecule has 0 aromatic heterocycles. The minimum Gasteiger partial charge on any atom is -0.392 e. The maximum absolute atomic E-state index is 12.9. The maximum atomic E-state index is 12.9. The molecule has 2 aliphatic heterocycles. The average molecular weight is 409 g/mol. The van der Waals surface area contributed by atoms with Gasteiger partial charge in [0.25, 0.3) is 0 Å². The number of urea groups is 1. The number of nitrogens with one attached hydrogen (secondary N) is 2. The molecule has 0 aromatic carbocycles. The Kier molecular flexibility index (Phi) is 8.18. The molecule has 166 valence electrons. The quantitative estimate of drug-likeness (QED) is 0.628. The van der Waals surface area contributed by atoms with Gasteiger partial charge in [0.15, 0.2) is 0 Å². The molecule has 7 heteroatoms. The number of aliphatic hydroxyl groups excluding tert-OH is 1. The van der Waals surface area contributed by atoms with E-state index in [4.69, 9.17) is 0 Å². The third-order valence-corrected chi connectivity index (χ3v) is 6.79. The van der Waals surface area contributed by atoms with Gasteiger partial charge in [-0.25, -0.2) is 4.79 Å². The molecule has 3 rings (SSSR count). The molecule has 3 N–H and O–H groups in total. The highest BCUT2D eigenvalue weighted by Gasteiger charge is 2.41. The van der Waals surface area contributed by atoms with Gasteiger partial charge in [-0.05, 0) is 44.4 Å². The van der Waals surface area contributed by atoms with Gasteiger partial charge in [-0.15, -0.1) is 0 Å². The first kappa shape index (κ1) is 22.3. The van der Waals surface area contributed by atoms with Crippen LogP contribution in [0.25, 0.3) is 0 Å². The van der Waals surface area contributed by atoms with E-state index < -0.39 is 6.10 Å². The van der Waals surface area contributed by atoms with Crippen LogP contribution in [0.5, 0.6) is 0 Å². The van der Waals surface area contributed by atoms with Gasteiger partial charge in [0.1, 0.15) is 0 Å². The maximum Gasteiger partial charge on any atom is 0.317 e. The largest absolute Gasteiger partial charge is 0.392 e. The van der Waals surface area contributed by atoms with Crippen LogP contribution in [-0.2, 0) is 4.79 Å². The lowest BCUT2D eigenvalue weighted by Crippen LogP contribution is -2.54. The summed E-state index contributed by atoms with van der Waals surface area (Å²) in [7, 11) is 0. The van der Waals surface area contributed by atoms with Crippen LogP contribution in [-0.4, -0.2) is 77.3 Å². The molecular formula is C22H40N4O3. The number of hydrogen-bond acceptors (Lipinski definition) is 4. The summed E-state index contributed by atoms with van der Waals surface area (Å²) in [5.74, 6) is 0.668. The van der Waals surface area contributed by atoms with Gasteiger partial charge in [0.2, 0.25) is 5.91 Å². The molecule has 3 fully saturated rings. The molecule has 0 aromatic rings. The van der Waals surface area contributed by atoms with Crippen LogP contribution in [0, 0.1) is 5.92 Å². The van der Waals surface area contributed by atoms with Crippen molar-refractivity contribution in [3.05, 3.63) is 0 Å². The summed E-state index contributed by atoms with van der Waals surface area (Å²) in [5.41, 5.74) is 0. The molecular weight excluding hydrogens is 368 g/mol. The first-order valence-electron chi connectivity index (χ1n) is 11.7. The molecule has 0 radical (unpaired) electrons. The Labute approximate surface area is 175 Å². The van der Waals surface area contributed by atoms with Crippen molar-refractivity contribution in [2.75, 3.05) is 26.2 Å². The van der Waals surface area contributed by atoms with E-state index in [9.17, 15) is 14.7 Å². The van der Waals surface area contributed by atoms with Crippen molar-refractivity contribution < 1.29 is 14.7 Å². The molecule has 3 amide bonds. The average Bonchev–Trinajstić information content (AvgIpc) is 3.10. The van der Waals surface area contributed by atoms with Crippen LogP contribution in [0.3, 0.4) is 0 Å². The SMILES string of the molecule is CC(C)CCNC(=O)N1CCC(N2C[C@H](O)C[C@H]2C(=O)NC2CCCCC2)CC1. The summed E-state index contributed by atoms with van der Waals surface area (Å²) in [6, 6.07) is 0.349. The standard InChI is InChI=1S/C22H40N4O3/c1-16(2)8-11-23-22(29)25-12-9-18(10-13-25)26-15-19(27)14-20(26)21(28)24-17-6-4-3-5-7-17/h16-20,27H,3-15H2,1-2H3,(H,23,29)(H,24,28)/t19-,20+/m1/s1. The number of carbonyl (C=O) groups excluding carboxylic acids is 2. The van der Waals surface area contributed by atoms with Crippen molar-refractivity contribution in [3.8, 4) is 0 Å². The zero-order valence-electron chi connectivity index (χ0n) is 18.2. The second-order valence-electron chi connectivity index (χ2n) is 9.58. The molecule has 1 aliphatic carbocycles. The summed E-state index contributed by atoms with van der Waals surface area (Å²) in [4.78, 5) is 29.4. The molecule has 0 unspecified atom stereocenters. The zero-order valence-corrected chi connectivity index (χ0v) is 18.2. The number of aliphatic hydroxyl groups is 1. The highest BCUT2D eigenvalue weighted by atomic mass is 16.3. The van der Waals surface area contributed by atoms with Gasteiger partial charge in [0, 0.05) is 38.3 Å². The monoisotopic (exact) mass is 408 g/mol. The van der Waals surface area contributed by atoms with Crippen molar-refractivity contribution in [2.45, 2.75) is 95.9 Å². The molecule has 0 spiro atoms. The molecule has 29 heavy (non-hydrogen) atoms. The Hall–Kier alpha value is -1.34. The number of rotatable bonds is 6. The zero-order chi connectivity index (χ0) is 20.8. The van der Waals surface area contributed by atoms with Crippen molar-refractivity contribution in [3.63, 3.8) is 0 Å². The van der Waals surface area contributed by atoms with E-state index in [1.165, 1.54) is 19.3 Å². The lowest BCUT2D eigenvalue weighted by Gasteiger charge is -2.39. The van der Waals surface area contributed by atoms with Crippen LogP contribution >= 0.6 is 0 Å². The molecule has 0 bridgehead atoms. The van der Waals surface area contributed by atoms with E-state index in [0.29, 0.717) is 38.0 Å². The molecule has 2 heterocycles. The van der Waals surface area contributed by atoms with Gasteiger partial charge in [-0.2, -0.15) is 0 Å². The first-order valence-corrected chi connectivity index (χ1v) is 11.7. The van der Waals surface area contributed by atoms with Crippen LogP contribution in [0.1, 0.15) is 71.6 Å². The minimum absolute atomic E-state index is 0.0251. The van der Waals surface area contributed by atoms with Gasteiger partial charge in [0.05, 0.1) is 12.1 Å². The lowest BCUT2D eigenvalue weighted by atomic mass is 9.95. The lowest BCUT2D eigenvalue weighted by molar-refractivity contribution is -0.127. The predicted octanol–water partition coefficient (Wildman–Crippen LogP) is 2.09. The highest BCUT2D eigenvalue weighted by molar-refractivity contribution is 5.82. The Morgan fingerprint density at radius 3 is 2.41 bits per heavy atom. The van der Waals surface area contributed by atoms with E-state index in [2.05, 4.69) is 29.4 Å². The Morgan fingerprint density at radius 2 is 1.76 bits per heavy atom. The highest BCUT2D eigenvalue weighted by Crippen LogP contribution is 2.27. The number of β-amino-alcohol motifs (C(OH)–C–C–N with tert-alkyl or cyclic N) is 1. The number of piperidine rings is 1. The van der Waals surface area contributed by atoms with E-state index in [1.54, 1.807) is 0 Å². The second kappa shape index (κ2) is 10.6. The predicted molar refractivity (Wildman–Crippen MR) is 114 cm³/mol. The smallest absolute Gasteiger partial charge is 0.317 e. The van der Waals surface area contributed by atoms with Crippen molar-refractivity contribution in [1.29, 1.82) is 0 Å². The van der Waals surface area contributed by atoms with Crippen LogP contribution < -0.4 is 10.6 Å². The minimum atomic E-state index is -0.436. The second-order valence-corrected chi connectivity index (χ2v) is 9.58. The fourth-order valence-electron chi connectivity index (χ4n) is 5.02. The van der Waals surface area contributed by atoms with Crippen LogP contribution in [0.15, 0.2) is 0 Å². The van der Waals surface area contributed by atoms with Crippen molar-refractivity contribution in [2.24, 2.45) is 5.92 Å². The fraction of sp³-hybridized carbons (Fsp3) is 0.909. The third kappa shape index (κ3) is 6.32. The Bertz CT molecular complexity index is 542. The number of likely N-dealkylation sites (tertiary alicyclic amines) is 2. The third-order valence-electron chi connectivity index (χ3n) is 6.79. The van der Waals surface area contributed by atoms with Gasteiger partial charge < -0.3 is 20.6 Å². The van der Waals surface area contributed by atoms with E-state index in [-0.39, 0.29) is 24.0 Å². The normalized spacial score (nSPS) is 27.4. The van der Waals surface area contributed by atoms with E-state index >= 15 is 0 Å². The Balaban J connectivity index is 1.47. The number of amides is 3. The summed E-state index contributed by atoms with van der Waals surface area (Å²) in [5, 5.41) is 16.5. The van der Waals surface area contributed by atoms with Crippen LogP contribution in [0.2, 0.25) is 0 Å². The molecule has 2 atom stereocenters. The number of hydrogen-bond donors (Lipinski definition) is 3. The van der Waals surface area contributed by atoms with E-state index in [1.807, 2.05) is 4.90 Å². The summed E-state index contributed by atoms with van der Waals surface area (Å²) < 4.78 is 0. The fourth-order valence-corrected chi connectivity index (χ4v) is 5.02. The number of carbonyl (C=O) groups is 2. The summed E-state index contributed by atoms with van der Waals surface area (Å²) >= 11 is 0. The Morgan fingerprint density at radius 1 is 1.07 bits per heavy atom. The van der Waals surface area contributed by atoms with Crippen molar-refractivity contribution >= 4 is 11.9 Å². The summed E-state index contributed by atoms with van der Waals surface area (Å²) in [6.45, 7) is 7.02. The molecule has 3 aliphatic rings. The number of nitrogens with zero attached hydrogens (tertiary/aromatic N) is 2. The van der Waals surface area contributed by atoms with Gasteiger partial charge in [-0.1, -0.05) is 33.1 Å². The molecule has 1 saturated carbocycles. The van der Waals surface area contributed by atoms with E-state index in [0.717, 1.165) is 38.6 Å². The van der Waals surface area contributed by atoms with Gasteiger partial charge >= 0.3 is 6.03 Å². The molecule has 7 nitrogen and oxygen atoms in total. The van der Waals surface area contributed by atoms with Crippen molar-refractivity contribution in [1.82, 2.24) is 20.4 Å². The topological polar surface area (TPSA) is 84.9 Å². The van der Waals surface area contributed by atoms with Crippen LogP contribution in [0.4, 0.5) is 4.79 Å². The first-order chi connectivity index (χ1) is 13.9. The van der Waals surface area contributed by atoms with Gasteiger partial charge in [-0.3, -0.25) is 9.69 Å². The summed E-state index contributed by atoms with van der Waals surface area (Å²) in [6.07, 6.45) is 8.60.